The van der Waals surface area contributed by atoms with Gasteiger partial charge in [0.2, 0.25) is 5.91 Å². The summed E-state index contributed by atoms with van der Waals surface area (Å²) in [5, 5.41) is 4.87. The Morgan fingerprint density at radius 1 is 1.29 bits per heavy atom. The van der Waals surface area contributed by atoms with Crippen LogP contribution in [0.2, 0.25) is 0 Å². The summed E-state index contributed by atoms with van der Waals surface area (Å²) >= 11 is 0. The molecule has 10 heteroatoms. The van der Waals surface area contributed by atoms with Crippen LogP contribution >= 0.6 is 0 Å². The number of esters is 1. The first-order valence-electron chi connectivity index (χ1n) is 9.26. The summed E-state index contributed by atoms with van der Waals surface area (Å²) in [7, 11) is 0. The van der Waals surface area contributed by atoms with Gasteiger partial charge >= 0.3 is 5.97 Å². The van der Waals surface area contributed by atoms with Crippen LogP contribution < -0.4 is 5.32 Å². The highest BCUT2D eigenvalue weighted by Gasteiger charge is 2.66. The zero-order valence-corrected chi connectivity index (χ0v) is 15.9. The van der Waals surface area contributed by atoms with Crippen LogP contribution in [0.1, 0.15) is 26.7 Å². The molecule has 0 aromatic carbocycles. The number of halogens is 4. The van der Waals surface area contributed by atoms with E-state index in [9.17, 15) is 27.2 Å². The Hall–Kier alpha value is -1.68. The molecule has 2 saturated heterocycles. The first-order valence-corrected chi connectivity index (χ1v) is 9.26. The number of hydrogen-bond acceptors (Lipinski definition) is 5. The van der Waals surface area contributed by atoms with Crippen molar-refractivity contribution in [3.05, 3.63) is 12.7 Å². The molecule has 1 amide bonds. The molecule has 3 unspecified atom stereocenters. The van der Waals surface area contributed by atoms with Crippen molar-refractivity contribution in [1.29, 1.82) is 0 Å². The molecule has 3 fully saturated rings. The van der Waals surface area contributed by atoms with Crippen LogP contribution in [0.15, 0.2) is 12.7 Å². The number of hydrazine groups is 1. The van der Waals surface area contributed by atoms with Crippen LogP contribution in [0.5, 0.6) is 0 Å². The van der Waals surface area contributed by atoms with Gasteiger partial charge in [-0.2, -0.15) is 0 Å². The summed E-state index contributed by atoms with van der Waals surface area (Å²) in [6.07, 6.45) is 0.974. The number of hydrogen-bond donors (Lipinski definition) is 1. The molecule has 3 rings (SSSR count). The number of amides is 1. The molecular weight excluding hydrogens is 382 g/mol. The molecule has 3 aliphatic rings. The highest BCUT2D eigenvalue weighted by Crippen LogP contribution is 2.50. The molecule has 0 spiro atoms. The monoisotopic (exact) mass is 407 g/mol. The van der Waals surface area contributed by atoms with Crippen molar-refractivity contribution < 1.29 is 31.9 Å². The van der Waals surface area contributed by atoms with Gasteiger partial charge in [-0.15, -0.1) is 0 Å². The normalized spacial score (nSPS) is 30.8. The van der Waals surface area contributed by atoms with Gasteiger partial charge in [0.05, 0.1) is 18.5 Å². The maximum atomic E-state index is 14.4. The first kappa shape index (κ1) is 21.0. The van der Waals surface area contributed by atoms with Gasteiger partial charge in [0.15, 0.2) is 0 Å². The van der Waals surface area contributed by atoms with E-state index >= 15 is 0 Å². The molecule has 158 valence electrons. The van der Waals surface area contributed by atoms with Gasteiger partial charge in [-0.1, -0.05) is 12.7 Å². The van der Waals surface area contributed by atoms with E-state index in [0.717, 1.165) is 5.01 Å². The lowest BCUT2D eigenvalue weighted by Crippen LogP contribution is -2.53. The number of carbonyl (C=O) groups excluding carboxylic acids is 2. The summed E-state index contributed by atoms with van der Waals surface area (Å²) in [5.41, 5.74) is -0.999. The minimum Gasteiger partial charge on any atom is -0.461 e. The van der Waals surface area contributed by atoms with Crippen molar-refractivity contribution >= 4 is 11.9 Å². The zero-order valence-electron chi connectivity index (χ0n) is 15.9. The van der Waals surface area contributed by atoms with Gasteiger partial charge in [-0.25, -0.2) is 22.6 Å². The van der Waals surface area contributed by atoms with Gasteiger partial charge < -0.3 is 10.1 Å². The third-order valence-corrected chi connectivity index (χ3v) is 5.64. The Labute approximate surface area is 160 Å². The SMILES string of the molecule is C=CCOC(=O)C(C)(C)CCN1C2C(CN1C(=O)C1CC1(F)F)NCC2(F)F. The fraction of sp³-hybridized carbons (Fsp3) is 0.778. The lowest BCUT2D eigenvalue weighted by atomic mass is 9.89. The largest absolute Gasteiger partial charge is 0.461 e. The van der Waals surface area contributed by atoms with Gasteiger partial charge in [0.25, 0.3) is 11.8 Å². The molecule has 1 saturated carbocycles. The van der Waals surface area contributed by atoms with E-state index in [0.29, 0.717) is 0 Å². The van der Waals surface area contributed by atoms with Crippen LogP contribution in [0, 0.1) is 11.3 Å². The van der Waals surface area contributed by atoms with E-state index in [1.165, 1.54) is 11.1 Å². The van der Waals surface area contributed by atoms with Crippen LogP contribution in [0.3, 0.4) is 0 Å². The van der Waals surface area contributed by atoms with Crippen molar-refractivity contribution in [2.75, 3.05) is 26.2 Å². The number of fused-ring (bicyclic) bond motifs is 1. The van der Waals surface area contributed by atoms with E-state index in [1.807, 2.05) is 0 Å². The fourth-order valence-electron chi connectivity index (χ4n) is 3.77. The number of nitrogens with zero attached hydrogens (tertiary/aromatic N) is 2. The lowest BCUT2D eigenvalue weighted by Gasteiger charge is -2.36. The second-order valence-corrected chi connectivity index (χ2v) is 8.32. The Balaban J connectivity index is 1.74. The molecule has 28 heavy (non-hydrogen) atoms. The van der Waals surface area contributed by atoms with Gasteiger partial charge in [-0.05, 0) is 20.3 Å². The van der Waals surface area contributed by atoms with E-state index in [4.69, 9.17) is 4.74 Å². The third-order valence-electron chi connectivity index (χ3n) is 5.64. The van der Waals surface area contributed by atoms with E-state index in [1.54, 1.807) is 13.8 Å². The minimum absolute atomic E-state index is 0.0278. The van der Waals surface area contributed by atoms with E-state index in [2.05, 4.69) is 11.9 Å². The van der Waals surface area contributed by atoms with Gasteiger partial charge in [-0.3, -0.25) is 14.6 Å². The Kier molecular flexibility index (Phi) is 5.24. The van der Waals surface area contributed by atoms with Crippen molar-refractivity contribution in [1.82, 2.24) is 15.3 Å². The number of carbonyl (C=O) groups is 2. The fourth-order valence-corrected chi connectivity index (χ4v) is 3.77. The Bertz CT molecular complexity index is 670. The van der Waals surface area contributed by atoms with Crippen LogP contribution in [0.4, 0.5) is 17.6 Å². The van der Waals surface area contributed by atoms with Crippen molar-refractivity contribution in [2.24, 2.45) is 11.3 Å². The average molecular weight is 407 g/mol. The van der Waals surface area contributed by atoms with Gasteiger partial charge in [0.1, 0.15) is 18.6 Å². The number of ether oxygens (including phenoxy) is 1. The second-order valence-electron chi connectivity index (χ2n) is 8.32. The highest BCUT2D eigenvalue weighted by molar-refractivity contribution is 5.83. The van der Waals surface area contributed by atoms with E-state index in [-0.39, 0.29) is 26.1 Å². The van der Waals surface area contributed by atoms with Gasteiger partial charge in [0, 0.05) is 19.0 Å². The predicted molar refractivity (Wildman–Crippen MR) is 91.6 cm³/mol. The predicted octanol–water partition coefficient (Wildman–Crippen LogP) is 1.82. The topological polar surface area (TPSA) is 61.9 Å². The molecule has 3 atom stereocenters. The number of nitrogens with one attached hydrogen (secondary N) is 1. The maximum Gasteiger partial charge on any atom is 0.311 e. The summed E-state index contributed by atoms with van der Waals surface area (Å²) in [6.45, 7) is 6.02. The molecule has 0 aromatic rings. The summed E-state index contributed by atoms with van der Waals surface area (Å²) < 4.78 is 60.6. The molecule has 6 nitrogen and oxygen atoms in total. The summed E-state index contributed by atoms with van der Waals surface area (Å²) in [4.78, 5) is 24.7. The van der Waals surface area contributed by atoms with Crippen molar-refractivity contribution in [3.63, 3.8) is 0 Å². The van der Waals surface area contributed by atoms with Crippen LogP contribution in [-0.2, 0) is 14.3 Å². The van der Waals surface area contributed by atoms with Crippen molar-refractivity contribution in [2.45, 2.75) is 50.6 Å². The highest BCUT2D eigenvalue weighted by atomic mass is 19.3. The third kappa shape index (κ3) is 3.76. The molecule has 0 bridgehead atoms. The number of alkyl halides is 4. The zero-order chi connectivity index (χ0) is 20.9. The molecule has 2 aliphatic heterocycles. The molecule has 1 N–H and O–H groups in total. The summed E-state index contributed by atoms with van der Waals surface area (Å²) in [6, 6.07) is -2.02. The molecule has 0 aromatic heterocycles. The molecular formula is C18H25F4N3O3. The maximum absolute atomic E-state index is 14.4. The molecule has 2 heterocycles. The molecule has 1 aliphatic carbocycles. The van der Waals surface area contributed by atoms with E-state index < -0.39 is 60.1 Å². The first-order chi connectivity index (χ1) is 12.9. The van der Waals surface area contributed by atoms with Crippen LogP contribution in [0.25, 0.3) is 0 Å². The van der Waals surface area contributed by atoms with Crippen molar-refractivity contribution in [3.8, 4) is 0 Å². The lowest BCUT2D eigenvalue weighted by molar-refractivity contribution is -0.161. The standard InChI is InChI=1S/C18H25F4N3O3/c1-4-7-28-15(27)16(2,3)5-6-24-13-12(23-10-18(13,21)22)9-25(24)14(26)11-8-17(11,19)20/h4,11-13,23H,1,5-10H2,2-3H3. The molecule has 0 radical (unpaired) electrons. The Morgan fingerprint density at radius 2 is 1.93 bits per heavy atom. The average Bonchev–Trinajstić information content (AvgIpc) is 2.96. The quantitative estimate of drug-likeness (QED) is 0.396. The number of rotatable bonds is 7. The smallest absolute Gasteiger partial charge is 0.311 e. The summed E-state index contributed by atoms with van der Waals surface area (Å²) in [5.74, 6) is -9.02. The second kappa shape index (κ2) is 6.98. The minimum atomic E-state index is -3.11. The van der Waals surface area contributed by atoms with Crippen LogP contribution in [-0.4, -0.2) is 72.1 Å². The Morgan fingerprint density at radius 3 is 2.50 bits per heavy atom.